The van der Waals surface area contributed by atoms with E-state index in [0.717, 1.165) is 25.7 Å². The van der Waals surface area contributed by atoms with Crippen LogP contribution in [0.15, 0.2) is 0 Å². The minimum atomic E-state index is 0. The lowest BCUT2D eigenvalue weighted by Crippen LogP contribution is -2.30. The molecule has 2 rings (SSSR count). The van der Waals surface area contributed by atoms with E-state index in [4.69, 9.17) is 20.9 Å². The van der Waals surface area contributed by atoms with E-state index in [2.05, 4.69) is 0 Å². The van der Waals surface area contributed by atoms with E-state index < -0.39 is 0 Å². The Bertz CT molecular complexity index is 179. The normalized spacial score (nSPS) is 34.0. The van der Waals surface area contributed by atoms with Crippen molar-refractivity contribution in [2.75, 3.05) is 14.2 Å². The standard InChI is InChI=1S/2C6H13NO.2ClH/c2*1-8-6-4-2-3-5(6)7;;/h2*5-6H,2-4,7H2,1H3;2*1H/t2*5-,6+;;/m10../s1. The summed E-state index contributed by atoms with van der Waals surface area (Å²) in [4.78, 5) is 0. The van der Waals surface area contributed by atoms with Gasteiger partial charge in [-0.2, -0.15) is 0 Å². The van der Waals surface area contributed by atoms with Crippen LogP contribution in [0.3, 0.4) is 0 Å². The molecule has 0 aromatic carbocycles. The first-order chi connectivity index (χ1) is 7.69. The average molecular weight is 303 g/mol. The van der Waals surface area contributed by atoms with Crippen molar-refractivity contribution in [3.8, 4) is 0 Å². The fourth-order valence-corrected chi connectivity index (χ4v) is 2.49. The lowest BCUT2D eigenvalue weighted by atomic mass is 10.2. The maximum atomic E-state index is 5.66. The van der Waals surface area contributed by atoms with Crippen LogP contribution in [0, 0.1) is 0 Å². The van der Waals surface area contributed by atoms with E-state index >= 15 is 0 Å². The topological polar surface area (TPSA) is 70.5 Å². The zero-order chi connectivity index (χ0) is 12.0. The van der Waals surface area contributed by atoms with Gasteiger partial charge in [0.15, 0.2) is 0 Å². The van der Waals surface area contributed by atoms with Gasteiger partial charge in [-0.15, -0.1) is 24.8 Å². The Kier molecular flexibility index (Phi) is 13.0. The quantitative estimate of drug-likeness (QED) is 0.817. The monoisotopic (exact) mass is 302 g/mol. The Morgan fingerprint density at radius 1 is 0.722 bits per heavy atom. The second-order valence-electron chi connectivity index (χ2n) is 4.74. The van der Waals surface area contributed by atoms with Crippen LogP contribution in [0.25, 0.3) is 0 Å². The van der Waals surface area contributed by atoms with Gasteiger partial charge in [0.25, 0.3) is 0 Å². The summed E-state index contributed by atoms with van der Waals surface area (Å²) in [6, 6.07) is 0.611. The molecule has 4 N–H and O–H groups in total. The Morgan fingerprint density at radius 3 is 1.17 bits per heavy atom. The molecule has 0 aromatic rings. The minimum Gasteiger partial charge on any atom is -0.380 e. The number of rotatable bonds is 2. The summed E-state index contributed by atoms with van der Waals surface area (Å²) < 4.78 is 10.2. The molecule has 0 heterocycles. The van der Waals surface area contributed by atoms with Gasteiger partial charge in [0.05, 0.1) is 12.2 Å². The number of methoxy groups -OCH3 is 2. The molecule has 6 heteroatoms. The molecule has 0 radical (unpaired) electrons. The van der Waals surface area contributed by atoms with Crippen LogP contribution in [-0.4, -0.2) is 38.5 Å². The van der Waals surface area contributed by atoms with Crippen molar-refractivity contribution in [3.63, 3.8) is 0 Å². The highest BCUT2D eigenvalue weighted by atomic mass is 35.5. The summed E-state index contributed by atoms with van der Waals surface area (Å²) in [5.41, 5.74) is 11.3. The third-order valence-electron chi connectivity index (χ3n) is 3.61. The molecule has 2 aliphatic rings. The zero-order valence-corrected chi connectivity index (χ0v) is 13.0. The average Bonchev–Trinajstić information content (AvgIpc) is 2.87. The van der Waals surface area contributed by atoms with E-state index in [1.807, 2.05) is 0 Å². The summed E-state index contributed by atoms with van der Waals surface area (Å²) in [6.45, 7) is 0. The number of ether oxygens (including phenoxy) is 2. The third-order valence-corrected chi connectivity index (χ3v) is 3.61. The van der Waals surface area contributed by atoms with Crippen molar-refractivity contribution in [1.82, 2.24) is 0 Å². The van der Waals surface area contributed by atoms with Gasteiger partial charge in [-0.05, 0) is 38.5 Å². The fourth-order valence-electron chi connectivity index (χ4n) is 2.49. The molecule has 4 atom stereocenters. The van der Waals surface area contributed by atoms with E-state index in [0.29, 0.717) is 24.3 Å². The number of hydrogen-bond acceptors (Lipinski definition) is 4. The lowest BCUT2D eigenvalue weighted by molar-refractivity contribution is 0.0960. The van der Waals surface area contributed by atoms with Crippen molar-refractivity contribution in [2.24, 2.45) is 11.5 Å². The van der Waals surface area contributed by atoms with Crippen LogP contribution >= 0.6 is 24.8 Å². The summed E-state index contributed by atoms with van der Waals surface area (Å²) in [5, 5.41) is 0. The molecular weight excluding hydrogens is 275 g/mol. The summed E-state index contributed by atoms with van der Waals surface area (Å²) >= 11 is 0. The van der Waals surface area contributed by atoms with E-state index in [1.54, 1.807) is 14.2 Å². The second kappa shape index (κ2) is 11.3. The number of halogens is 2. The van der Waals surface area contributed by atoms with Crippen molar-refractivity contribution in [3.05, 3.63) is 0 Å². The largest absolute Gasteiger partial charge is 0.380 e. The van der Waals surface area contributed by atoms with E-state index in [1.165, 1.54) is 12.8 Å². The molecule has 0 bridgehead atoms. The molecule has 0 saturated heterocycles. The van der Waals surface area contributed by atoms with E-state index in [-0.39, 0.29) is 24.8 Å². The molecule has 0 aliphatic heterocycles. The molecule has 4 nitrogen and oxygen atoms in total. The first-order valence-electron chi connectivity index (χ1n) is 6.25. The molecular formula is C12H28Cl2N2O2. The smallest absolute Gasteiger partial charge is 0.0722 e. The molecule has 112 valence electrons. The van der Waals surface area contributed by atoms with Crippen LogP contribution in [0.4, 0.5) is 0 Å². The van der Waals surface area contributed by atoms with Gasteiger partial charge < -0.3 is 20.9 Å². The first kappa shape index (κ1) is 20.7. The highest BCUT2D eigenvalue weighted by molar-refractivity contribution is 5.85. The lowest BCUT2D eigenvalue weighted by Gasteiger charge is -2.11. The van der Waals surface area contributed by atoms with E-state index in [9.17, 15) is 0 Å². The van der Waals surface area contributed by atoms with Gasteiger partial charge in [-0.1, -0.05) is 0 Å². The minimum absolute atomic E-state index is 0. The second-order valence-corrected chi connectivity index (χ2v) is 4.74. The van der Waals surface area contributed by atoms with Gasteiger partial charge in [-0.25, -0.2) is 0 Å². The number of nitrogens with two attached hydrogens (primary N) is 2. The highest BCUT2D eigenvalue weighted by Crippen LogP contribution is 2.19. The third kappa shape index (κ3) is 6.55. The molecule has 0 spiro atoms. The predicted molar refractivity (Wildman–Crippen MR) is 79.7 cm³/mol. The van der Waals surface area contributed by atoms with Crippen LogP contribution in [-0.2, 0) is 9.47 Å². The molecule has 2 fully saturated rings. The Hall–Kier alpha value is 0.420. The summed E-state index contributed by atoms with van der Waals surface area (Å²) in [5.74, 6) is 0. The van der Waals surface area contributed by atoms with Crippen molar-refractivity contribution < 1.29 is 9.47 Å². The van der Waals surface area contributed by atoms with Gasteiger partial charge in [0.1, 0.15) is 0 Å². The SMILES string of the molecule is CO[C@@H]1CCC[C@@H]1N.CO[C@H]1CCC[C@H]1N.Cl.Cl. The van der Waals surface area contributed by atoms with Gasteiger partial charge in [0, 0.05) is 26.3 Å². The fraction of sp³-hybridized carbons (Fsp3) is 1.00. The maximum Gasteiger partial charge on any atom is 0.0722 e. The molecule has 0 aromatic heterocycles. The molecule has 18 heavy (non-hydrogen) atoms. The number of hydrogen-bond donors (Lipinski definition) is 2. The first-order valence-corrected chi connectivity index (χ1v) is 6.25. The zero-order valence-electron chi connectivity index (χ0n) is 11.3. The maximum absolute atomic E-state index is 5.66. The van der Waals surface area contributed by atoms with Crippen molar-refractivity contribution in [2.45, 2.75) is 62.8 Å². The van der Waals surface area contributed by atoms with Crippen molar-refractivity contribution >= 4 is 24.8 Å². The van der Waals surface area contributed by atoms with Gasteiger partial charge >= 0.3 is 0 Å². The van der Waals surface area contributed by atoms with Crippen molar-refractivity contribution in [1.29, 1.82) is 0 Å². The van der Waals surface area contributed by atoms with Gasteiger partial charge in [-0.3, -0.25) is 0 Å². The Morgan fingerprint density at radius 2 is 1.06 bits per heavy atom. The summed E-state index contributed by atoms with van der Waals surface area (Å²) in [7, 11) is 3.46. The Balaban J connectivity index is 0. The van der Waals surface area contributed by atoms with Crippen LogP contribution in [0.5, 0.6) is 0 Å². The van der Waals surface area contributed by atoms with Crippen LogP contribution in [0.2, 0.25) is 0 Å². The highest BCUT2D eigenvalue weighted by Gasteiger charge is 2.23. The molecule has 0 unspecified atom stereocenters. The Labute approximate surface area is 123 Å². The summed E-state index contributed by atoms with van der Waals surface area (Å²) in [6.07, 6.45) is 7.73. The molecule has 2 aliphatic carbocycles. The van der Waals surface area contributed by atoms with Gasteiger partial charge in [0.2, 0.25) is 0 Å². The van der Waals surface area contributed by atoms with Crippen LogP contribution in [0.1, 0.15) is 38.5 Å². The molecule has 0 amide bonds. The molecule has 2 saturated carbocycles. The predicted octanol–water partition coefficient (Wildman–Crippen LogP) is 1.87. The van der Waals surface area contributed by atoms with Crippen LogP contribution < -0.4 is 11.5 Å².